The summed E-state index contributed by atoms with van der Waals surface area (Å²) in [4.78, 5) is 27.9. The van der Waals surface area contributed by atoms with E-state index in [-0.39, 0.29) is 23.4 Å². The van der Waals surface area contributed by atoms with Gasteiger partial charge in [-0.2, -0.15) is 4.98 Å². The number of carbonyl (C=O) groups excluding carboxylic acids is 1. The lowest BCUT2D eigenvalue weighted by Crippen LogP contribution is -2.37. The molecule has 1 fully saturated rings. The number of amides is 1. The smallest absolute Gasteiger partial charge is 0.254 e. The highest BCUT2D eigenvalue weighted by atomic mass is 16.1. The van der Waals surface area contributed by atoms with E-state index in [1.54, 1.807) is 0 Å². The summed E-state index contributed by atoms with van der Waals surface area (Å²) in [5, 5.41) is 3.30. The lowest BCUT2D eigenvalue weighted by molar-refractivity contribution is 0.100. The second kappa shape index (κ2) is 9.38. The number of primary amides is 1. The number of nitrogens with zero attached hydrogens (tertiary/aromatic N) is 4. The van der Waals surface area contributed by atoms with Crippen LogP contribution < -0.4 is 21.7 Å². The van der Waals surface area contributed by atoms with Crippen LogP contribution in [0, 0.1) is 0 Å². The van der Waals surface area contributed by atoms with Crippen molar-refractivity contribution in [1.29, 1.82) is 0 Å². The fourth-order valence-corrected chi connectivity index (χ4v) is 3.53. The molecule has 30 heavy (non-hydrogen) atoms. The Kier molecular flexibility index (Phi) is 6.87. The summed E-state index contributed by atoms with van der Waals surface area (Å²) in [5.41, 5.74) is 14.8. The molecule has 1 saturated heterocycles. The summed E-state index contributed by atoms with van der Waals surface area (Å²) in [6.07, 6.45) is 4.62. The van der Waals surface area contributed by atoms with Crippen LogP contribution in [0.15, 0.2) is 18.3 Å². The molecule has 1 atom stereocenters. The van der Waals surface area contributed by atoms with Gasteiger partial charge >= 0.3 is 0 Å². The molecule has 8 heteroatoms. The van der Waals surface area contributed by atoms with Gasteiger partial charge in [0.15, 0.2) is 0 Å². The molecular formula is C22H33N7O. The van der Waals surface area contributed by atoms with Crippen molar-refractivity contribution >= 4 is 23.4 Å². The first kappa shape index (κ1) is 22.0. The number of nitrogens with two attached hydrogens (primary N) is 2. The molecular weight excluding hydrogens is 378 g/mol. The molecule has 0 saturated carbocycles. The fourth-order valence-electron chi connectivity index (χ4n) is 3.53. The van der Waals surface area contributed by atoms with Gasteiger partial charge in [0.1, 0.15) is 11.4 Å². The zero-order chi connectivity index (χ0) is 21.8. The lowest BCUT2D eigenvalue weighted by atomic mass is 10.0. The maximum absolute atomic E-state index is 12.0. The molecule has 2 aromatic heterocycles. The first-order chi connectivity index (χ1) is 14.2. The zero-order valence-corrected chi connectivity index (χ0v) is 18.4. The normalized spacial score (nSPS) is 17.3. The van der Waals surface area contributed by atoms with Crippen molar-refractivity contribution in [1.82, 2.24) is 15.0 Å². The Labute approximate surface area is 178 Å². The number of anilines is 3. The van der Waals surface area contributed by atoms with Gasteiger partial charge in [0.05, 0.1) is 0 Å². The highest BCUT2D eigenvalue weighted by molar-refractivity contribution is 5.98. The number of hydrogen-bond acceptors (Lipinski definition) is 7. The van der Waals surface area contributed by atoms with Gasteiger partial charge in [0.25, 0.3) is 5.91 Å². The molecule has 5 N–H and O–H groups in total. The van der Waals surface area contributed by atoms with Gasteiger partial charge in [-0.05, 0) is 36.8 Å². The van der Waals surface area contributed by atoms with Gasteiger partial charge in [-0.1, -0.05) is 34.1 Å². The van der Waals surface area contributed by atoms with Gasteiger partial charge in [0, 0.05) is 42.4 Å². The van der Waals surface area contributed by atoms with Crippen LogP contribution in [-0.2, 0) is 0 Å². The fraction of sp³-hybridized carbons (Fsp3) is 0.545. The SMILES string of the molecule is CC(C)c1cc(Nc2nc(N3CCCC[C@H](N)C3)ncc2C(N)=O)cc(C(C)C)n1. The van der Waals surface area contributed by atoms with Crippen LogP contribution in [-0.4, -0.2) is 40.0 Å². The minimum Gasteiger partial charge on any atom is -0.365 e. The average molecular weight is 412 g/mol. The minimum atomic E-state index is -0.571. The predicted octanol–water partition coefficient (Wildman–Crippen LogP) is 3.28. The number of rotatable bonds is 6. The molecule has 2 aromatic rings. The molecule has 0 unspecified atom stereocenters. The van der Waals surface area contributed by atoms with E-state index in [1.807, 2.05) is 12.1 Å². The molecule has 0 bridgehead atoms. The monoisotopic (exact) mass is 411 g/mol. The van der Waals surface area contributed by atoms with Gasteiger partial charge in [-0.3, -0.25) is 9.78 Å². The molecule has 0 aliphatic carbocycles. The van der Waals surface area contributed by atoms with E-state index in [0.717, 1.165) is 42.9 Å². The van der Waals surface area contributed by atoms with E-state index < -0.39 is 5.91 Å². The summed E-state index contributed by atoms with van der Waals surface area (Å²) in [5.74, 6) is 0.945. The van der Waals surface area contributed by atoms with E-state index in [0.29, 0.717) is 18.3 Å². The number of hydrogen-bond donors (Lipinski definition) is 3. The average Bonchev–Trinajstić information content (AvgIpc) is 2.91. The number of aromatic nitrogens is 3. The highest BCUT2D eigenvalue weighted by Crippen LogP contribution is 2.27. The van der Waals surface area contributed by atoms with Crippen LogP contribution in [0.4, 0.5) is 17.5 Å². The van der Waals surface area contributed by atoms with Crippen LogP contribution in [0.2, 0.25) is 0 Å². The topological polar surface area (TPSA) is 123 Å². The molecule has 3 rings (SSSR count). The Hall–Kier alpha value is -2.74. The molecule has 1 amide bonds. The van der Waals surface area contributed by atoms with E-state index in [4.69, 9.17) is 16.5 Å². The molecule has 0 radical (unpaired) electrons. The van der Waals surface area contributed by atoms with Gasteiger partial charge in [-0.25, -0.2) is 4.98 Å². The standard InChI is InChI=1S/C22H33N7O/c1-13(2)18-9-16(10-19(27-18)14(3)4)26-21-17(20(24)30)11-25-22(28-21)29-8-6-5-7-15(23)12-29/h9-11,13-15H,5-8,12,23H2,1-4H3,(H2,24,30)(H,25,26,27,28)/t15-/m0/s1. The predicted molar refractivity (Wildman–Crippen MR) is 120 cm³/mol. The van der Waals surface area contributed by atoms with Crippen LogP contribution >= 0.6 is 0 Å². The molecule has 1 aliphatic rings. The summed E-state index contributed by atoms with van der Waals surface area (Å²) >= 11 is 0. The summed E-state index contributed by atoms with van der Waals surface area (Å²) in [6.45, 7) is 9.96. The van der Waals surface area contributed by atoms with Crippen molar-refractivity contribution in [2.45, 2.75) is 64.8 Å². The largest absolute Gasteiger partial charge is 0.365 e. The van der Waals surface area contributed by atoms with Crippen molar-refractivity contribution in [2.24, 2.45) is 11.5 Å². The Morgan fingerprint density at radius 2 is 1.80 bits per heavy atom. The first-order valence-corrected chi connectivity index (χ1v) is 10.7. The van der Waals surface area contributed by atoms with E-state index in [1.165, 1.54) is 6.20 Å². The van der Waals surface area contributed by atoms with E-state index in [9.17, 15) is 4.79 Å². The second-order valence-electron chi connectivity index (χ2n) is 8.64. The molecule has 0 aromatic carbocycles. The third kappa shape index (κ3) is 5.24. The Bertz CT molecular complexity index is 871. The molecule has 0 spiro atoms. The third-order valence-corrected chi connectivity index (χ3v) is 5.34. The molecule has 8 nitrogen and oxygen atoms in total. The summed E-state index contributed by atoms with van der Waals surface area (Å²) in [6, 6.07) is 4.07. The van der Waals surface area contributed by atoms with Crippen molar-refractivity contribution in [3.8, 4) is 0 Å². The van der Waals surface area contributed by atoms with E-state index in [2.05, 4.69) is 47.9 Å². The van der Waals surface area contributed by atoms with Gasteiger partial charge in [-0.15, -0.1) is 0 Å². The van der Waals surface area contributed by atoms with Crippen LogP contribution in [0.3, 0.4) is 0 Å². The quantitative estimate of drug-likeness (QED) is 0.666. The van der Waals surface area contributed by atoms with Gasteiger partial charge in [0.2, 0.25) is 5.95 Å². The van der Waals surface area contributed by atoms with Crippen LogP contribution in [0.5, 0.6) is 0 Å². The first-order valence-electron chi connectivity index (χ1n) is 10.7. The molecule has 162 valence electrons. The lowest BCUT2D eigenvalue weighted by Gasteiger charge is -2.23. The zero-order valence-electron chi connectivity index (χ0n) is 18.4. The second-order valence-corrected chi connectivity index (χ2v) is 8.64. The number of pyridine rings is 1. The van der Waals surface area contributed by atoms with Gasteiger partial charge < -0.3 is 21.7 Å². The van der Waals surface area contributed by atoms with E-state index >= 15 is 0 Å². The maximum Gasteiger partial charge on any atom is 0.254 e. The van der Waals surface area contributed by atoms with Crippen molar-refractivity contribution < 1.29 is 4.79 Å². The highest BCUT2D eigenvalue weighted by Gasteiger charge is 2.20. The van der Waals surface area contributed by atoms with Crippen molar-refractivity contribution in [3.05, 3.63) is 35.3 Å². The van der Waals surface area contributed by atoms with Crippen molar-refractivity contribution in [3.63, 3.8) is 0 Å². The third-order valence-electron chi connectivity index (χ3n) is 5.34. The molecule has 1 aliphatic heterocycles. The summed E-state index contributed by atoms with van der Waals surface area (Å²) < 4.78 is 0. The Balaban J connectivity index is 1.99. The van der Waals surface area contributed by atoms with Crippen LogP contribution in [0.25, 0.3) is 0 Å². The maximum atomic E-state index is 12.0. The van der Waals surface area contributed by atoms with Crippen LogP contribution in [0.1, 0.15) is 80.5 Å². The Morgan fingerprint density at radius 3 is 2.40 bits per heavy atom. The summed E-state index contributed by atoms with van der Waals surface area (Å²) in [7, 11) is 0. The Morgan fingerprint density at radius 1 is 1.13 bits per heavy atom. The minimum absolute atomic E-state index is 0.0886. The number of nitrogens with one attached hydrogen (secondary N) is 1. The number of carbonyl (C=O) groups is 1. The van der Waals surface area contributed by atoms with Crippen molar-refractivity contribution in [2.75, 3.05) is 23.3 Å². The molecule has 3 heterocycles.